The van der Waals surface area contributed by atoms with Crippen molar-refractivity contribution in [3.8, 4) is 5.88 Å². The SMILES string of the molecule is COC(=O)c1c(OCc2c(F)cc(Br)cc2F)nsc1N. The lowest BCUT2D eigenvalue weighted by molar-refractivity contribution is 0.0596. The second kappa shape index (κ2) is 6.35. The fraction of sp³-hybridized carbons (Fsp3) is 0.167. The molecule has 2 rings (SSSR count). The number of nitrogens with two attached hydrogens (primary N) is 1. The van der Waals surface area contributed by atoms with Gasteiger partial charge in [-0.1, -0.05) is 15.9 Å². The molecule has 0 aliphatic rings. The molecule has 2 aromatic rings. The van der Waals surface area contributed by atoms with E-state index in [1.807, 2.05) is 0 Å². The van der Waals surface area contributed by atoms with E-state index < -0.39 is 24.2 Å². The lowest BCUT2D eigenvalue weighted by Crippen LogP contribution is -2.08. The minimum absolute atomic E-state index is 0.0552. The first kappa shape index (κ1) is 15.6. The fourth-order valence-electron chi connectivity index (χ4n) is 1.53. The van der Waals surface area contributed by atoms with Crippen molar-refractivity contribution in [3.05, 3.63) is 39.4 Å². The maximum atomic E-state index is 13.7. The number of carbonyl (C=O) groups is 1. The van der Waals surface area contributed by atoms with Gasteiger partial charge in [-0.3, -0.25) is 0 Å². The Balaban J connectivity index is 2.24. The topological polar surface area (TPSA) is 74.4 Å². The van der Waals surface area contributed by atoms with Crippen molar-refractivity contribution in [2.75, 3.05) is 12.8 Å². The van der Waals surface area contributed by atoms with Gasteiger partial charge in [0.2, 0.25) is 5.88 Å². The van der Waals surface area contributed by atoms with Crippen LogP contribution < -0.4 is 10.5 Å². The van der Waals surface area contributed by atoms with Crippen molar-refractivity contribution in [2.45, 2.75) is 6.61 Å². The number of methoxy groups -OCH3 is 1. The highest BCUT2D eigenvalue weighted by Crippen LogP contribution is 2.29. The van der Waals surface area contributed by atoms with Crippen LogP contribution in [0.5, 0.6) is 5.88 Å². The van der Waals surface area contributed by atoms with Gasteiger partial charge < -0.3 is 15.2 Å². The molecule has 0 saturated carbocycles. The number of anilines is 1. The van der Waals surface area contributed by atoms with E-state index in [1.54, 1.807) is 0 Å². The zero-order valence-electron chi connectivity index (χ0n) is 10.7. The fourth-order valence-corrected chi connectivity index (χ4v) is 2.52. The molecule has 0 saturated heterocycles. The number of nitrogens with zero attached hydrogens (tertiary/aromatic N) is 1. The third-order valence-corrected chi connectivity index (χ3v) is 3.65. The number of nitrogen functional groups attached to an aromatic ring is 1. The average molecular weight is 379 g/mol. The number of hydrogen-bond donors (Lipinski definition) is 1. The molecule has 21 heavy (non-hydrogen) atoms. The molecule has 0 aliphatic carbocycles. The highest BCUT2D eigenvalue weighted by molar-refractivity contribution is 9.10. The lowest BCUT2D eigenvalue weighted by Gasteiger charge is -2.08. The molecule has 0 fully saturated rings. The summed E-state index contributed by atoms with van der Waals surface area (Å²) >= 11 is 3.80. The van der Waals surface area contributed by atoms with Gasteiger partial charge >= 0.3 is 5.97 Å². The normalized spacial score (nSPS) is 10.5. The second-order valence-electron chi connectivity index (χ2n) is 3.86. The van der Waals surface area contributed by atoms with Crippen LogP contribution >= 0.6 is 27.5 Å². The average Bonchev–Trinajstić information content (AvgIpc) is 2.78. The summed E-state index contributed by atoms with van der Waals surface area (Å²) in [7, 11) is 1.18. The van der Waals surface area contributed by atoms with Crippen molar-refractivity contribution in [1.82, 2.24) is 4.37 Å². The van der Waals surface area contributed by atoms with Crippen LogP contribution in [-0.4, -0.2) is 17.5 Å². The van der Waals surface area contributed by atoms with Crippen LogP contribution in [0.4, 0.5) is 13.8 Å². The van der Waals surface area contributed by atoms with Crippen LogP contribution in [0, 0.1) is 11.6 Å². The van der Waals surface area contributed by atoms with E-state index in [2.05, 4.69) is 25.0 Å². The molecular formula is C12H9BrF2N2O3S. The Bertz CT molecular complexity index is 670. The molecule has 0 unspecified atom stereocenters. The van der Waals surface area contributed by atoms with Crippen LogP contribution in [-0.2, 0) is 11.3 Å². The molecular weight excluding hydrogens is 370 g/mol. The first-order chi connectivity index (χ1) is 9.93. The lowest BCUT2D eigenvalue weighted by atomic mass is 10.2. The van der Waals surface area contributed by atoms with Gasteiger partial charge in [-0.25, -0.2) is 13.6 Å². The predicted molar refractivity (Wildman–Crippen MR) is 76.3 cm³/mol. The largest absolute Gasteiger partial charge is 0.471 e. The number of benzene rings is 1. The van der Waals surface area contributed by atoms with Gasteiger partial charge in [-0.15, -0.1) is 0 Å². The van der Waals surface area contributed by atoms with Crippen LogP contribution in [0.15, 0.2) is 16.6 Å². The Hall–Kier alpha value is -1.74. The molecule has 0 aliphatic heterocycles. The van der Waals surface area contributed by atoms with Crippen molar-refractivity contribution in [1.29, 1.82) is 0 Å². The molecule has 1 aromatic heterocycles. The minimum Gasteiger partial charge on any atom is -0.471 e. The van der Waals surface area contributed by atoms with Gasteiger partial charge in [0.25, 0.3) is 0 Å². The maximum Gasteiger partial charge on any atom is 0.346 e. The quantitative estimate of drug-likeness (QED) is 0.827. The van der Waals surface area contributed by atoms with Crippen molar-refractivity contribution >= 4 is 38.4 Å². The molecule has 0 spiro atoms. The summed E-state index contributed by atoms with van der Waals surface area (Å²) in [5, 5.41) is 0.105. The van der Waals surface area contributed by atoms with Gasteiger partial charge in [0, 0.05) is 4.47 Å². The summed E-state index contributed by atoms with van der Waals surface area (Å²) in [4.78, 5) is 11.5. The summed E-state index contributed by atoms with van der Waals surface area (Å²) in [6, 6.07) is 2.22. The highest BCUT2D eigenvalue weighted by atomic mass is 79.9. The van der Waals surface area contributed by atoms with Gasteiger partial charge in [0.1, 0.15) is 23.2 Å². The standard InChI is InChI=1S/C12H9BrF2N2O3S/c1-19-12(18)9-10(16)21-17-11(9)20-4-6-7(14)2-5(13)3-8(6)15/h2-3H,4,16H2,1H3. The number of esters is 1. The van der Waals surface area contributed by atoms with Crippen LogP contribution in [0.3, 0.4) is 0 Å². The summed E-state index contributed by atoms with van der Waals surface area (Å²) in [6.45, 7) is -0.432. The summed E-state index contributed by atoms with van der Waals surface area (Å²) in [5.74, 6) is -2.39. The van der Waals surface area contributed by atoms with Crippen molar-refractivity contribution in [2.24, 2.45) is 0 Å². The number of hydrogen-bond acceptors (Lipinski definition) is 6. The van der Waals surface area contributed by atoms with E-state index in [9.17, 15) is 13.6 Å². The van der Waals surface area contributed by atoms with E-state index in [0.717, 1.165) is 23.7 Å². The third kappa shape index (κ3) is 3.30. The molecule has 112 valence electrons. The Labute approximate surface area is 131 Å². The molecule has 1 heterocycles. The second-order valence-corrected chi connectivity index (χ2v) is 5.58. The Morgan fingerprint density at radius 1 is 1.43 bits per heavy atom. The van der Waals surface area contributed by atoms with Gasteiger partial charge in [-0.2, -0.15) is 4.37 Å². The first-order valence-corrected chi connectivity index (χ1v) is 7.10. The number of aromatic nitrogens is 1. The van der Waals surface area contributed by atoms with Crippen molar-refractivity contribution in [3.63, 3.8) is 0 Å². The number of carbonyl (C=O) groups excluding carboxylic acids is 1. The highest BCUT2D eigenvalue weighted by Gasteiger charge is 2.22. The van der Waals surface area contributed by atoms with E-state index in [1.165, 1.54) is 7.11 Å². The van der Waals surface area contributed by atoms with Gasteiger partial charge in [0.15, 0.2) is 5.56 Å². The summed E-state index contributed by atoms with van der Waals surface area (Å²) in [6.07, 6.45) is 0. The van der Waals surface area contributed by atoms with Crippen LogP contribution in [0.2, 0.25) is 0 Å². The molecule has 9 heteroatoms. The van der Waals surface area contributed by atoms with Crippen LogP contribution in [0.1, 0.15) is 15.9 Å². The molecule has 0 bridgehead atoms. The summed E-state index contributed by atoms with van der Waals surface area (Å²) in [5.41, 5.74) is 5.25. The van der Waals surface area contributed by atoms with E-state index in [4.69, 9.17) is 10.5 Å². The Morgan fingerprint density at radius 2 is 2.05 bits per heavy atom. The van der Waals surface area contributed by atoms with Crippen molar-refractivity contribution < 1.29 is 23.0 Å². The molecule has 0 atom stereocenters. The zero-order valence-corrected chi connectivity index (χ0v) is 13.1. The minimum atomic E-state index is -0.773. The number of halogens is 3. The Morgan fingerprint density at radius 3 is 2.62 bits per heavy atom. The third-order valence-electron chi connectivity index (χ3n) is 2.54. The Kier molecular flexibility index (Phi) is 4.73. The van der Waals surface area contributed by atoms with Crippen LogP contribution in [0.25, 0.3) is 0 Å². The monoisotopic (exact) mass is 378 g/mol. The van der Waals surface area contributed by atoms with Gasteiger partial charge in [0.05, 0.1) is 12.7 Å². The maximum absolute atomic E-state index is 13.7. The molecule has 0 radical (unpaired) electrons. The smallest absolute Gasteiger partial charge is 0.346 e. The van der Waals surface area contributed by atoms with E-state index >= 15 is 0 Å². The number of rotatable bonds is 4. The summed E-state index contributed by atoms with van der Waals surface area (Å²) < 4.78 is 41.1. The van der Waals surface area contributed by atoms with E-state index in [-0.39, 0.29) is 26.5 Å². The number of ether oxygens (including phenoxy) is 2. The molecule has 2 N–H and O–H groups in total. The first-order valence-electron chi connectivity index (χ1n) is 5.53. The predicted octanol–water partition coefficient (Wildman–Crippen LogP) is 3.13. The van der Waals surface area contributed by atoms with E-state index in [0.29, 0.717) is 0 Å². The zero-order chi connectivity index (χ0) is 15.6. The molecule has 1 aromatic carbocycles. The van der Waals surface area contributed by atoms with Gasteiger partial charge in [-0.05, 0) is 23.7 Å². The molecule has 0 amide bonds. The molecule has 5 nitrogen and oxygen atoms in total.